The molecule has 4 rings (SSSR count). The van der Waals surface area contributed by atoms with Crippen LogP contribution in [0.15, 0.2) is 0 Å². The highest BCUT2D eigenvalue weighted by Gasteiger charge is 2.51. The van der Waals surface area contributed by atoms with Gasteiger partial charge in [-0.1, -0.05) is 13.8 Å². The van der Waals surface area contributed by atoms with Crippen LogP contribution in [0.4, 0.5) is 0 Å². The largest absolute Gasteiger partial charge is 0.273 e. The maximum absolute atomic E-state index is 12.1. The van der Waals surface area contributed by atoms with Crippen molar-refractivity contribution in [2.75, 3.05) is 0 Å². The number of carbonyl (C=O) groups is 2. The summed E-state index contributed by atoms with van der Waals surface area (Å²) in [6.07, 6.45) is 8.45. The van der Waals surface area contributed by atoms with Crippen molar-refractivity contribution in [2.45, 2.75) is 58.8 Å². The summed E-state index contributed by atoms with van der Waals surface area (Å²) < 4.78 is 0. The van der Waals surface area contributed by atoms with E-state index in [0.717, 1.165) is 17.8 Å². The van der Waals surface area contributed by atoms with Gasteiger partial charge in [-0.2, -0.15) is 0 Å². The first kappa shape index (κ1) is 13.9. The quantitative estimate of drug-likeness (QED) is 0.779. The van der Waals surface area contributed by atoms with Crippen molar-refractivity contribution in [3.63, 3.8) is 0 Å². The standard InChI is InChI=1S/C16H26N2O2/c1-10(2)15(20)18-17-14(19)9-16-6-11-3-12(7-16)5-13(4-11)8-16/h10-13H,3-9H2,1-2H3,(H,17,19)(H,18,20). The highest BCUT2D eigenvalue weighted by Crippen LogP contribution is 2.61. The zero-order valence-corrected chi connectivity index (χ0v) is 12.6. The van der Waals surface area contributed by atoms with Crippen molar-refractivity contribution in [1.29, 1.82) is 0 Å². The average molecular weight is 278 g/mol. The molecule has 4 fully saturated rings. The molecule has 2 amide bonds. The summed E-state index contributed by atoms with van der Waals surface area (Å²) in [6, 6.07) is 0. The molecule has 0 aliphatic heterocycles. The third-order valence-electron chi connectivity index (χ3n) is 5.55. The first-order valence-corrected chi connectivity index (χ1v) is 8.04. The van der Waals surface area contributed by atoms with E-state index in [9.17, 15) is 9.59 Å². The summed E-state index contributed by atoms with van der Waals surface area (Å²) in [5.74, 6) is 2.34. The van der Waals surface area contributed by atoms with Gasteiger partial charge in [0.05, 0.1) is 0 Å². The number of carbonyl (C=O) groups excluding carboxylic acids is 2. The van der Waals surface area contributed by atoms with Crippen LogP contribution >= 0.6 is 0 Å². The molecule has 112 valence electrons. The van der Waals surface area contributed by atoms with E-state index >= 15 is 0 Å². The molecule has 0 aromatic carbocycles. The molecule has 4 nitrogen and oxygen atoms in total. The Morgan fingerprint density at radius 2 is 1.50 bits per heavy atom. The fraction of sp³-hybridized carbons (Fsp3) is 0.875. The van der Waals surface area contributed by atoms with Gasteiger partial charge in [0.2, 0.25) is 11.8 Å². The Kier molecular flexibility index (Phi) is 3.51. The zero-order valence-electron chi connectivity index (χ0n) is 12.6. The summed E-state index contributed by atoms with van der Waals surface area (Å²) in [7, 11) is 0. The normalized spacial score (nSPS) is 38.0. The number of hydrogen-bond acceptors (Lipinski definition) is 2. The Bertz CT molecular complexity index is 381. The van der Waals surface area contributed by atoms with Gasteiger partial charge in [0, 0.05) is 12.3 Å². The van der Waals surface area contributed by atoms with Gasteiger partial charge in [-0.3, -0.25) is 20.4 Å². The Hall–Kier alpha value is -1.06. The second-order valence-corrected chi connectivity index (χ2v) is 7.79. The van der Waals surface area contributed by atoms with Gasteiger partial charge in [-0.15, -0.1) is 0 Å². The van der Waals surface area contributed by atoms with Crippen LogP contribution in [0.2, 0.25) is 0 Å². The van der Waals surface area contributed by atoms with Crippen molar-refractivity contribution < 1.29 is 9.59 Å². The van der Waals surface area contributed by atoms with E-state index < -0.39 is 0 Å². The number of amides is 2. The van der Waals surface area contributed by atoms with E-state index in [1.807, 2.05) is 13.8 Å². The number of hydrogen-bond donors (Lipinski definition) is 2. The summed E-state index contributed by atoms with van der Waals surface area (Å²) >= 11 is 0. The second-order valence-electron chi connectivity index (χ2n) is 7.79. The molecule has 4 saturated carbocycles. The first-order chi connectivity index (χ1) is 9.46. The number of nitrogens with one attached hydrogen (secondary N) is 2. The molecule has 4 aliphatic rings. The summed E-state index contributed by atoms with van der Waals surface area (Å²) in [5.41, 5.74) is 5.36. The monoisotopic (exact) mass is 278 g/mol. The molecule has 0 aromatic heterocycles. The van der Waals surface area contributed by atoms with E-state index in [2.05, 4.69) is 10.9 Å². The van der Waals surface area contributed by atoms with Crippen LogP contribution < -0.4 is 10.9 Å². The van der Waals surface area contributed by atoms with Crippen molar-refractivity contribution in [3.8, 4) is 0 Å². The van der Waals surface area contributed by atoms with Crippen LogP contribution in [0, 0.1) is 29.1 Å². The predicted octanol–water partition coefficient (Wildman–Crippen LogP) is 2.40. The Labute approximate surface area is 121 Å². The minimum absolute atomic E-state index is 0.0130. The van der Waals surface area contributed by atoms with E-state index in [1.54, 1.807) is 0 Å². The summed E-state index contributed by atoms with van der Waals surface area (Å²) in [6.45, 7) is 3.64. The molecule has 0 spiro atoms. The molecule has 4 heteroatoms. The molecule has 4 bridgehead atoms. The smallest absolute Gasteiger partial charge is 0.240 e. The zero-order chi connectivity index (χ0) is 14.3. The average Bonchev–Trinajstić information content (AvgIpc) is 2.33. The van der Waals surface area contributed by atoms with Crippen molar-refractivity contribution >= 4 is 11.8 Å². The maximum Gasteiger partial charge on any atom is 0.240 e. The Morgan fingerprint density at radius 1 is 1.00 bits per heavy atom. The van der Waals surface area contributed by atoms with E-state index in [1.165, 1.54) is 38.5 Å². The van der Waals surface area contributed by atoms with Gasteiger partial charge in [-0.05, 0) is 61.7 Å². The van der Waals surface area contributed by atoms with Crippen LogP contribution in [-0.2, 0) is 9.59 Å². The minimum atomic E-state index is -0.121. The Balaban J connectivity index is 1.55. The molecule has 0 radical (unpaired) electrons. The summed E-state index contributed by atoms with van der Waals surface area (Å²) in [5, 5.41) is 0. The lowest BCUT2D eigenvalue weighted by atomic mass is 9.49. The van der Waals surface area contributed by atoms with Crippen LogP contribution in [-0.4, -0.2) is 11.8 Å². The molecule has 0 atom stereocenters. The number of hydrazine groups is 1. The minimum Gasteiger partial charge on any atom is -0.273 e. The second kappa shape index (κ2) is 5.05. The molecule has 0 saturated heterocycles. The van der Waals surface area contributed by atoms with Gasteiger partial charge in [0.25, 0.3) is 0 Å². The molecule has 4 aliphatic carbocycles. The molecule has 20 heavy (non-hydrogen) atoms. The molecule has 0 unspecified atom stereocenters. The van der Waals surface area contributed by atoms with Crippen LogP contribution in [0.5, 0.6) is 0 Å². The van der Waals surface area contributed by atoms with Gasteiger partial charge >= 0.3 is 0 Å². The molecular weight excluding hydrogens is 252 g/mol. The van der Waals surface area contributed by atoms with E-state index in [-0.39, 0.29) is 23.1 Å². The SMILES string of the molecule is CC(C)C(=O)NNC(=O)CC12CC3CC(CC(C3)C1)C2. The van der Waals surface area contributed by atoms with Gasteiger partial charge < -0.3 is 0 Å². The molecular formula is C16H26N2O2. The van der Waals surface area contributed by atoms with Crippen molar-refractivity contribution in [1.82, 2.24) is 10.9 Å². The fourth-order valence-corrected chi connectivity index (χ4v) is 5.17. The predicted molar refractivity (Wildman–Crippen MR) is 76.3 cm³/mol. The lowest BCUT2D eigenvalue weighted by molar-refractivity contribution is -0.135. The third-order valence-corrected chi connectivity index (χ3v) is 5.55. The molecule has 2 N–H and O–H groups in total. The van der Waals surface area contributed by atoms with Gasteiger partial charge in [0.15, 0.2) is 0 Å². The highest BCUT2D eigenvalue weighted by molar-refractivity contribution is 5.83. The van der Waals surface area contributed by atoms with E-state index in [4.69, 9.17) is 0 Å². The summed E-state index contributed by atoms with van der Waals surface area (Å²) in [4.78, 5) is 23.6. The lowest BCUT2D eigenvalue weighted by Gasteiger charge is -2.56. The van der Waals surface area contributed by atoms with Gasteiger partial charge in [0.1, 0.15) is 0 Å². The number of rotatable bonds is 3. The van der Waals surface area contributed by atoms with Crippen molar-refractivity contribution in [2.24, 2.45) is 29.1 Å². The lowest BCUT2D eigenvalue weighted by Crippen LogP contribution is -2.50. The topological polar surface area (TPSA) is 58.2 Å². The van der Waals surface area contributed by atoms with Crippen LogP contribution in [0.25, 0.3) is 0 Å². The van der Waals surface area contributed by atoms with Crippen LogP contribution in [0.1, 0.15) is 58.8 Å². The fourth-order valence-electron chi connectivity index (χ4n) is 5.17. The Morgan fingerprint density at radius 3 is 1.95 bits per heavy atom. The van der Waals surface area contributed by atoms with Crippen molar-refractivity contribution in [3.05, 3.63) is 0 Å². The third kappa shape index (κ3) is 2.70. The molecule has 0 aromatic rings. The van der Waals surface area contributed by atoms with E-state index in [0.29, 0.717) is 6.42 Å². The maximum atomic E-state index is 12.1. The molecule has 0 heterocycles. The highest BCUT2D eigenvalue weighted by atomic mass is 16.2. The first-order valence-electron chi connectivity index (χ1n) is 8.04. The van der Waals surface area contributed by atoms with Gasteiger partial charge in [-0.25, -0.2) is 0 Å². The van der Waals surface area contributed by atoms with Crippen LogP contribution in [0.3, 0.4) is 0 Å².